The fraction of sp³-hybridized carbons (Fsp3) is 0.565. The van der Waals surface area contributed by atoms with Crippen molar-refractivity contribution in [3.05, 3.63) is 51.1 Å². The number of hydrogen-bond acceptors (Lipinski definition) is 6. The molecule has 8 nitrogen and oxygen atoms in total. The Morgan fingerprint density at radius 1 is 1.23 bits per heavy atom. The fourth-order valence-electron chi connectivity index (χ4n) is 4.48. The molecule has 31 heavy (non-hydrogen) atoms. The van der Waals surface area contributed by atoms with Crippen LogP contribution in [0.4, 0.5) is 0 Å². The number of aliphatic hydroxyl groups excluding tert-OH is 1. The Bertz CT molecular complexity index is 1140. The number of hydrogen-bond donors (Lipinski definition) is 2. The number of H-pyrrole nitrogens is 1. The third kappa shape index (κ3) is 4.02. The number of likely N-dealkylation sites (tertiary alicyclic amines) is 1. The lowest BCUT2D eigenvalue weighted by atomic mass is 9.96. The molecule has 1 aliphatic heterocycles. The standard InChI is InChI=1S/C23H32N6O2/c1-6-23(4,5)29-21(25-26-27-29)20(28-9-7-16(30)8-10-28)18-13-17-15(3)11-14(2)12-19(17)24-22(18)31/h11-13,16,20,30H,6-10H2,1-5H3,(H,24,31)/t20-/m1/s1. The summed E-state index contributed by atoms with van der Waals surface area (Å²) >= 11 is 0. The third-order valence-electron chi connectivity index (χ3n) is 6.68. The zero-order valence-corrected chi connectivity index (χ0v) is 19.0. The molecule has 0 aliphatic carbocycles. The molecule has 1 aliphatic rings. The molecule has 8 heteroatoms. The number of piperidine rings is 1. The molecule has 1 atom stereocenters. The fourth-order valence-corrected chi connectivity index (χ4v) is 4.48. The van der Waals surface area contributed by atoms with Gasteiger partial charge in [-0.15, -0.1) is 5.10 Å². The Labute approximate surface area is 182 Å². The van der Waals surface area contributed by atoms with Crippen molar-refractivity contribution in [2.45, 2.75) is 71.6 Å². The summed E-state index contributed by atoms with van der Waals surface area (Å²) in [6, 6.07) is 5.74. The monoisotopic (exact) mass is 424 g/mol. The molecular formula is C23H32N6O2. The van der Waals surface area contributed by atoms with Crippen LogP contribution in [0.1, 0.15) is 68.6 Å². The van der Waals surface area contributed by atoms with Crippen molar-refractivity contribution in [2.24, 2.45) is 0 Å². The summed E-state index contributed by atoms with van der Waals surface area (Å²) in [5.74, 6) is 0.665. The number of rotatable bonds is 5. The average Bonchev–Trinajstić information content (AvgIpc) is 3.20. The topological polar surface area (TPSA) is 99.9 Å². The zero-order valence-electron chi connectivity index (χ0n) is 19.0. The van der Waals surface area contributed by atoms with Gasteiger partial charge in [-0.05, 0) is 80.6 Å². The highest BCUT2D eigenvalue weighted by molar-refractivity contribution is 5.83. The van der Waals surface area contributed by atoms with Crippen LogP contribution in [0, 0.1) is 13.8 Å². The van der Waals surface area contributed by atoms with Gasteiger partial charge in [-0.3, -0.25) is 9.69 Å². The van der Waals surface area contributed by atoms with Crippen LogP contribution in [-0.4, -0.2) is 54.4 Å². The lowest BCUT2D eigenvalue weighted by molar-refractivity contribution is 0.0644. The summed E-state index contributed by atoms with van der Waals surface area (Å²) in [5, 5.41) is 23.8. The van der Waals surface area contributed by atoms with Crippen LogP contribution in [0.3, 0.4) is 0 Å². The third-order valence-corrected chi connectivity index (χ3v) is 6.68. The van der Waals surface area contributed by atoms with Crippen molar-refractivity contribution in [1.82, 2.24) is 30.1 Å². The van der Waals surface area contributed by atoms with Crippen LogP contribution in [0.2, 0.25) is 0 Å². The van der Waals surface area contributed by atoms with Gasteiger partial charge in [0, 0.05) is 29.6 Å². The summed E-state index contributed by atoms with van der Waals surface area (Å²) in [6.45, 7) is 11.7. The largest absolute Gasteiger partial charge is 0.393 e. The summed E-state index contributed by atoms with van der Waals surface area (Å²) in [7, 11) is 0. The number of nitrogens with zero attached hydrogens (tertiary/aromatic N) is 5. The molecule has 0 saturated carbocycles. The first kappa shape index (κ1) is 21.6. The molecule has 0 unspecified atom stereocenters. The molecule has 2 N–H and O–H groups in total. The molecule has 166 valence electrons. The van der Waals surface area contributed by atoms with E-state index in [1.807, 2.05) is 23.7 Å². The number of pyridine rings is 1. The quantitative estimate of drug-likeness (QED) is 0.653. The second kappa shape index (κ2) is 8.16. The van der Waals surface area contributed by atoms with E-state index < -0.39 is 0 Å². The minimum absolute atomic E-state index is 0.127. The number of aryl methyl sites for hydroxylation is 2. The second-order valence-corrected chi connectivity index (χ2v) is 9.38. The van der Waals surface area contributed by atoms with E-state index in [1.165, 1.54) is 0 Å². The van der Waals surface area contributed by atoms with Crippen LogP contribution >= 0.6 is 0 Å². The second-order valence-electron chi connectivity index (χ2n) is 9.38. The lowest BCUT2D eigenvalue weighted by Crippen LogP contribution is -2.43. The molecule has 1 aromatic carbocycles. The number of aromatic nitrogens is 5. The van der Waals surface area contributed by atoms with E-state index in [0.29, 0.717) is 37.3 Å². The minimum Gasteiger partial charge on any atom is -0.393 e. The van der Waals surface area contributed by atoms with Crippen molar-refractivity contribution >= 4 is 10.9 Å². The highest BCUT2D eigenvalue weighted by atomic mass is 16.3. The zero-order chi connectivity index (χ0) is 22.3. The minimum atomic E-state index is -0.387. The van der Waals surface area contributed by atoms with Crippen LogP contribution in [-0.2, 0) is 5.54 Å². The Kier molecular flexibility index (Phi) is 5.70. The van der Waals surface area contributed by atoms with Gasteiger partial charge in [-0.1, -0.05) is 13.0 Å². The number of aromatic amines is 1. The normalized spacial score (nSPS) is 17.4. The molecular weight excluding hydrogens is 392 g/mol. The van der Waals surface area contributed by atoms with Crippen molar-refractivity contribution in [2.75, 3.05) is 13.1 Å². The Balaban J connectivity index is 1.92. The van der Waals surface area contributed by atoms with E-state index in [0.717, 1.165) is 28.5 Å². The van der Waals surface area contributed by atoms with Gasteiger partial charge in [0.05, 0.1) is 11.6 Å². The van der Waals surface area contributed by atoms with Gasteiger partial charge in [0.15, 0.2) is 5.82 Å². The Hall–Kier alpha value is -2.58. The molecule has 0 amide bonds. The van der Waals surface area contributed by atoms with Crippen LogP contribution in [0.25, 0.3) is 10.9 Å². The van der Waals surface area contributed by atoms with E-state index >= 15 is 0 Å². The first-order valence-corrected chi connectivity index (χ1v) is 11.1. The first-order valence-electron chi connectivity index (χ1n) is 11.1. The summed E-state index contributed by atoms with van der Waals surface area (Å²) in [6.07, 6.45) is 1.88. The van der Waals surface area contributed by atoms with Gasteiger partial charge in [-0.25, -0.2) is 4.68 Å². The van der Waals surface area contributed by atoms with Gasteiger partial charge in [0.2, 0.25) is 0 Å². The van der Waals surface area contributed by atoms with E-state index in [4.69, 9.17) is 0 Å². The summed E-state index contributed by atoms with van der Waals surface area (Å²) in [4.78, 5) is 18.6. The number of tetrazole rings is 1. The highest BCUT2D eigenvalue weighted by Gasteiger charge is 2.35. The van der Waals surface area contributed by atoms with Crippen molar-refractivity contribution in [1.29, 1.82) is 0 Å². The number of aliphatic hydroxyl groups is 1. The van der Waals surface area contributed by atoms with Crippen molar-refractivity contribution < 1.29 is 5.11 Å². The van der Waals surface area contributed by atoms with Crippen molar-refractivity contribution in [3.63, 3.8) is 0 Å². The predicted octanol–water partition coefficient (Wildman–Crippen LogP) is 2.82. The van der Waals surface area contributed by atoms with E-state index in [9.17, 15) is 9.90 Å². The van der Waals surface area contributed by atoms with Crippen LogP contribution in [0.15, 0.2) is 23.0 Å². The maximum atomic E-state index is 13.3. The maximum Gasteiger partial charge on any atom is 0.253 e. The number of benzene rings is 1. The molecule has 3 heterocycles. The maximum absolute atomic E-state index is 13.3. The molecule has 2 aromatic heterocycles. The molecule has 0 spiro atoms. The molecule has 1 fully saturated rings. The van der Waals surface area contributed by atoms with Gasteiger partial charge < -0.3 is 10.1 Å². The molecule has 0 radical (unpaired) electrons. The number of fused-ring (bicyclic) bond motifs is 1. The Morgan fingerprint density at radius 2 is 1.94 bits per heavy atom. The van der Waals surface area contributed by atoms with E-state index in [2.05, 4.69) is 59.2 Å². The van der Waals surface area contributed by atoms with E-state index in [1.54, 1.807) is 0 Å². The molecule has 0 bridgehead atoms. The number of nitrogens with one attached hydrogen (secondary N) is 1. The molecule has 4 rings (SSSR count). The summed E-state index contributed by atoms with van der Waals surface area (Å²) < 4.78 is 1.86. The Morgan fingerprint density at radius 3 is 2.61 bits per heavy atom. The van der Waals surface area contributed by atoms with Crippen molar-refractivity contribution in [3.8, 4) is 0 Å². The van der Waals surface area contributed by atoms with Gasteiger partial charge in [0.25, 0.3) is 5.56 Å². The van der Waals surface area contributed by atoms with Gasteiger partial charge >= 0.3 is 0 Å². The van der Waals surface area contributed by atoms with Crippen LogP contribution < -0.4 is 5.56 Å². The van der Waals surface area contributed by atoms with Crippen LogP contribution in [0.5, 0.6) is 0 Å². The smallest absolute Gasteiger partial charge is 0.253 e. The highest BCUT2D eigenvalue weighted by Crippen LogP contribution is 2.32. The van der Waals surface area contributed by atoms with Gasteiger partial charge in [0.1, 0.15) is 6.04 Å². The predicted molar refractivity (Wildman–Crippen MR) is 120 cm³/mol. The van der Waals surface area contributed by atoms with Gasteiger partial charge in [-0.2, -0.15) is 0 Å². The molecule has 3 aromatic rings. The SMILES string of the molecule is CCC(C)(C)n1nnnc1[C@@H](c1cc2c(C)cc(C)cc2[nH]c1=O)N1CCC(O)CC1. The average molecular weight is 425 g/mol. The molecule has 1 saturated heterocycles. The lowest BCUT2D eigenvalue weighted by Gasteiger charge is -2.36. The van der Waals surface area contributed by atoms with E-state index in [-0.39, 0.29) is 23.2 Å². The summed E-state index contributed by atoms with van der Waals surface area (Å²) in [5.41, 5.74) is 3.30. The first-order chi connectivity index (χ1) is 14.7.